The van der Waals surface area contributed by atoms with Crippen LogP contribution >= 0.6 is 11.6 Å². The molecular weight excluding hydrogens is 436 g/mol. The van der Waals surface area contributed by atoms with E-state index in [1.54, 1.807) is 6.20 Å². The molecule has 1 aliphatic rings. The van der Waals surface area contributed by atoms with Crippen molar-refractivity contribution >= 4 is 34.9 Å². The van der Waals surface area contributed by atoms with Crippen LogP contribution in [0.5, 0.6) is 0 Å². The van der Waals surface area contributed by atoms with E-state index in [1.165, 1.54) is 32.1 Å². The van der Waals surface area contributed by atoms with Crippen LogP contribution in [0.25, 0.3) is 0 Å². The van der Waals surface area contributed by atoms with Gasteiger partial charge in [-0.1, -0.05) is 51.6 Å². The monoisotopic (exact) mass is 472 g/mol. The smallest absolute Gasteiger partial charge is 0.306 e. The number of nitrogens with one attached hydrogen (secondary N) is 1. The van der Waals surface area contributed by atoms with Gasteiger partial charge in [0.05, 0.1) is 23.7 Å². The van der Waals surface area contributed by atoms with Gasteiger partial charge < -0.3 is 15.0 Å². The van der Waals surface area contributed by atoms with Crippen LogP contribution in [-0.4, -0.2) is 35.1 Å². The third-order valence-corrected chi connectivity index (χ3v) is 6.30. The summed E-state index contributed by atoms with van der Waals surface area (Å²) in [6.07, 6.45) is 10.1. The maximum absolute atomic E-state index is 12.0. The summed E-state index contributed by atoms with van der Waals surface area (Å²) < 4.78 is 5.15. The fourth-order valence-electron chi connectivity index (χ4n) is 4.43. The lowest BCUT2D eigenvalue weighted by Crippen LogP contribution is -2.40. The molecule has 33 heavy (non-hydrogen) atoms. The maximum atomic E-state index is 12.0. The molecule has 0 aromatic carbocycles. The quantitative estimate of drug-likeness (QED) is 0.387. The Morgan fingerprint density at radius 1 is 1.18 bits per heavy atom. The second-order valence-corrected chi connectivity index (χ2v) is 9.81. The van der Waals surface area contributed by atoms with Crippen molar-refractivity contribution in [3.63, 3.8) is 0 Å². The highest BCUT2D eigenvalue weighted by Crippen LogP contribution is 2.35. The van der Waals surface area contributed by atoms with Crippen LogP contribution in [0.15, 0.2) is 30.6 Å². The van der Waals surface area contributed by atoms with Crippen molar-refractivity contribution in [3.05, 3.63) is 41.2 Å². The number of carbonyl (C=O) groups excluding carboxylic acids is 1. The Morgan fingerprint density at radius 2 is 1.94 bits per heavy atom. The molecule has 7 heteroatoms. The van der Waals surface area contributed by atoms with Gasteiger partial charge in [0.25, 0.3) is 0 Å². The van der Waals surface area contributed by atoms with Crippen molar-refractivity contribution in [2.24, 2.45) is 5.92 Å². The molecule has 3 rings (SSSR count). The lowest BCUT2D eigenvalue weighted by molar-refractivity contribution is -0.143. The predicted molar refractivity (Wildman–Crippen MR) is 135 cm³/mol. The minimum absolute atomic E-state index is 0.00226. The van der Waals surface area contributed by atoms with Crippen LogP contribution in [0.1, 0.15) is 77.7 Å². The highest BCUT2D eigenvalue weighted by Gasteiger charge is 2.26. The van der Waals surface area contributed by atoms with E-state index in [0.717, 1.165) is 23.6 Å². The van der Waals surface area contributed by atoms with Gasteiger partial charge in [-0.25, -0.2) is 9.97 Å². The number of ether oxygens (including phenoxy) is 1. The number of rotatable bonds is 10. The van der Waals surface area contributed by atoms with Crippen molar-refractivity contribution in [1.82, 2.24) is 9.97 Å². The van der Waals surface area contributed by atoms with E-state index < -0.39 is 0 Å². The van der Waals surface area contributed by atoms with Gasteiger partial charge in [-0.2, -0.15) is 0 Å². The predicted octanol–water partition coefficient (Wildman–Crippen LogP) is 6.73. The molecule has 2 aromatic rings. The van der Waals surface area contributed by atoms with E-state index in [4.69, 9.17) is 21.3 Å². The molecule has 0 aliphatic heterocycles. The molecule has 1 saturated carbocycles. The number of aromatic nitrogens is 2. The van der Waals surface area contributed by atoms with E-state index in [1.807, 2.05) is 32.2 Å². The van der Waals surface area contributed by atoms with Crippen molar-refractivity contribution in [2.75, 3.05) is 23.4 Å². The van der Waals surface area contributed by atoms with Gasteiger partial charge in [-0.05, 0) is 55.4 Å². The van der Waals surface area contributed by atoms with Crippen molar-refractivity contribution in [3.8, 4) is 0 Å². The highest BCUT2D eigenvalue weighted by atomic mass is 35.5. The summed E-state index contributed by atoms with van der Waals surface area (Å²) in [5.41, 5.74) is 1.90. The first-order valence-electron chi connectivity index (χ1n) is 12.2. The lowest BCUT2D eigenvalue weighted by Gasteiger charge is -2.37. The molecule has 2 aromatic heterocycles. The zero-order chi connectivity index (χ0) is 23.8. The molecule has 0 amide bonds. The van der Waals surface area contributed by atoms with Gasteiger partial charge in [0, 0.05) is 25.0 Å². The molecule has 2 heterocycles. The van der Waals surface area contributed by atoms with E-state index >= 15 is 0 Å². The summed E-state index contributed by atoms with van der Waals surface area (Å²) >= 11 is 6.04. The largest absolute Gasteiger partial charge is 0.466 e. The molecule has 1 aliphatic carbocycles. The van der Waals surface area contributed by atoms with Crippen LogP contribution < -0.4 is 10.2 Å². The van der Waals surface area contributed by atoms with Crippen molar-refractivity contribution < 1.29 is 9.53 Å². The first-order chi connectivity index (χ1) is 15.9. The number of esters is 1. The Hall–Kier alpha value is -2.34. The number of carbonyl (C=O) groups is 1. The van der Waals surface area contributed by atoms with Crippen LogP contribution in [0, 0.1) is 5.92 Å². The lowest BCUT2D eigenvalue weighted by atomic mass is 9.93. The number of pyridine rings is 2. The average molecular weight is 473 g/mol. The summed E-state index contributed by atoms with van der Waals surface area (Å²) in [4.78, 5) is 23.9. The molecule has 1 fully saturated rings. The second-order valence-electron chi connectivity index (χ2n) is 9.37. The Morgan fingerprint density at radius 3 is 2.58 bits per heavy atom. The van der Waals surface area contributed by atoms with Crippen LogP contribution in [0.4, 0.5) is 17.3 Å². The first-order valence-corrected chi connectivity index (χ1v) is 12.6. The molecule has 0 radical (unpaired) electrons. The Bertz CT molecular complexity index is 898. The molecule has 180 valence electrons. The minimum Gasteiger partial charge on any atom is -0.466 e. The van der Waals surface area contributed by atoms with Crippen LogP contribution in [0.2, 0.25) is 5.02 Å². The molecule has 0 unspecified atom stereocenters. The molecule has 6 nitrogen and oxygen atoms in total. The molecule has 0 bridgehead atoms. The third-order valence-electron chi connectivity index (χ3n) is 6.07. The number of nitrogens with zero attached hydrogens (tertiary/aromatic N) is 3. The molecule has 0 spiro atoms. The van der Waals surface area contributed by atoms with E-state index in [0.29, 0.717) is 35.8 Å². The fraction of sp³-hybridized carbons (Fsp3) is 0.577. The van der Waals surface area contributed by atoms with Gasteiger partial charge in [0.2, 0.25) is 0 Å². The van der Waals surface area contributed by atoms with Crippen molar-refractivity contribution in [2.45, 2.75) is 78.2 Å². The fourth-order valence-corrected chi connectivity index (χ4v) is 4.55. The topological polar surface area (TPSA) is 67.3 Å². The second kappa shape index (κ2) is 12.2. The summed E-state index contributed by atoms with van der Waals surface area (Å²) in [5, 5.41) is 4.07. The summed E-state index contributed by atoms with van der Waals surface area (Å²) in [6, 6.07) is 6.28. The number of hydrogen-bond acceptors (Lipinski definition) is 6. The zero-order valence-electron chi connectivity index (χ0n) is 20.3. The van der Waals surface area contributed by atoms with Gasteiger partial charge >= 0.3 is 5.97 Å². The summed E-state index contributed by atoms with van der Waals surface area (Å²) in [5.74, 6) is 1.98. The Labute approximate surface area is 203 Å². The maximum Gasteiger partial charge on any atom is 0.306 e. The van der Waals surface area contributed by atoms with Gasteiger partial charge in [-0.15, -0.1) is 0 Å². The van der Waals surface area contributed by atoms with Crippen LogP contribution in [0.3, 0.4) is 0 Å². The molecule has 0 saturated heterocycles. The van der Waals surface area contributed by atoms with Gasteiger partial charge in [0.1, 0.15) is 5.82 Å². The van der Waals surface area contributed by atoms with E-state index in [-0.39, 0.29) is 11.9 Å². The number of halogens is 1. The number of anilines is 3. The van der Waals surface area contributed by atoms with Crippen LogP contribution in [-0.2, 0) is 9.53 Å². The zero-order valence-corrected chi connectivity index (χ0v) is 21.1. The average Bonchev–Trinajstić information content (AvgIpc) is 2.80. The van der Waals surface area contributed by atoms with Gasteiger partial charge in [0.15, 0.2) is 5.82 Å². The normalized spacial score (nSPS) is 15.3. The Kier molecular flexibility index (Phi) is 9.36. The number of hydrogen-bond donors (Lipinski definition) is 1. The summed E-state index contributed by atoms with van der Waals surface area (Å²) in [7, 11) is 0. The Balaban J connectivity index is 1.97. The first kappa shape index (κ1) is 25.3. The van der Waals surface area contributed by atoms with Crippen molar-refractivity contribution in [1.29, 1.82) is 0 Å². The highest BCUT2D eigenvalue weighted by molar-refractivity contribution is 6.30. The van der Waals surface area contributed by atoms with Gasteiger partial charge in [-0.3, -0.25) is 4.79 Å². The SMILES string of the molecule is CCOC(=O)C[C@@H](C)c1cnc(N(CC(C)C)C2CCCCC2)c(Nc2ccc(Cl)cn2)c1. The molecular formula is C26H37ClN4O2. The molecule has 1 atom stereocenters. The van der Waals surface area contributed by atoms with E-state index in [9.17, 15) is 4.79 Å². The standard InChI is InChI=1S/C26H37ClN4O2/c1-5-33-25(32)13-19(4)20-14-23(30-24-12-11-21(27)16-28-24)26(29-15-20)31(17-18(2)3)22-9-7-6-8-10-22/h11-12,14-16,18-19,22H,5-10,13,17H2,1-4H3,(H,28,30)/t19-/m1/s1. The minimum atomic E-state index is -0.188. The molecule has 1 N–H and O–H groups in total. The third kappa shape index (κ3) is 7.32. The van der Waals surface area contributed by atoms with E-state index in [2.05, 4.69) is 35.1 Å². The summed E-state index contributed by atoms with van der Waals surface area (Å²) in [6.45, 7) is 9.69.